The molecule has 1 aliphatic heterocycles. The molecule has 1 heterocycles. The standard InChI is InChI=1S/C14H20F2N2O/c1-10-8-18(7-6-12(10)17)9-11-4-2-3-5-13(11)19-14(15)16/h2-5,10,12,14H,6-9,17H2,1H3. The van der Waals surface area contributed by atoms with E-state index in [1.807, 2.05) is 12.1 Å². The monoisotopic (exact) mass is 270 g/mol. The Kier molecular flexibility index (Phi) is 4.71. The highest BCUT2D eigenvalue weighted by Crippen LogP contribution is 2.24. The van der Waals surface area contributed by atoms with Gasteiger partial charge in [0.1, 0.15) is 5.75 Å². The number of halogens is 2. The fourth-order valence-electron chi connectivity index (χ4n) is 2.48. The van der Waals surface area contributed by atoms with E-state index in [-0.39, 0.29) is 11.8 Å². The Morgan fingerprint density at radius 1 is 1.42 bits per heavy atom. The minimum Gasteiger partial charge on any atom is -0.434 e. The van der Waals surface area contributed by atoms with Crippen molar-refractivity contribution in [3.63, 3.8) is 0 Å². The highest BCUT2D eigenvalue weighted by atomic mass is 19.3. The minimum absolute atomic E-state index is 0.240. The summed E-state index contributed by atoms with van der Waals surface area (Å²) < 4.78 is 29.2. The quantitative estimate of drug-likeness (QED) is 0.913. The lowest BCUT2D eigenvalue weighted by Gasteiger charge is -2.35. The molecule has 19 heavy (non-hydrogen) atoms. The van der Waals surface area contributed by atoms with Gasteiger partial charge in [0.15, 0.2) is 0 Å². The Hall–Kier alpha value is -1.20. The van der Waals surface area contributed by atoms with Crippen molar-refractivity contribution in [1.82, 2.24) is 4.90 Å². The third kappa shape index (κ3) is 3.88. The SMILES string of the molecule is CC1CN(Cc2ccccc2OC(F)F)CCC1N. The molecule has 3 nitrogen and oxygen atoms in total. The summed E-state index contributed by atoms with van der Waals surface area (Å²) in [6.07, 6.45) is 0.943. The summed E-state index contributed by atoms with van der Waals surface area (Å²) in [5, 5.41) is 0. The van der Waals surface area contributed by atoms with Crippen molar-refractivity contribution in [2.45, 2.75) is 32.5 Å². The molecule has 2 N–H and O–H groups in total. The Bertz CT molecular complexity index is 414. The molecule has 1 aromatic carbocycles. The Morgan fingerprint density at radius 3 is 2.84 bits per heavy atom. The zero-order chi connectivity index (χ0) is 13.8. The first-order valence-electron chi connectivity index (χ1n) is 6.57. The number of nitrogens with zero attached hydrogens (tertiary/aromatic N) is 1. The molecule has 0 bridgehead atoms. The topological polar surface area (TPSA) is 38.5 Å². The number of likely N-dealkylation sites (tertiary alicyclic amines) is 1. The summed E-state index contributed by atoms with van der Waals surface area (Å²) in [7, 11) is 0. The molecule has 2 atom stereocenters. The average molecular weight is 270 g/mol. The number of ether oxygens (including phenoxy) is 1. The van der Waals surface area contributed by atoms with E-state index < -0.39 is 6.61 Å². The minimum atomic E-state index is -2.78. The summed E-state index contributed by atoms with van der Waals surface area (Å²) in [4.78, 5) is 2.24. The maximum atomic E-state index is 12.3. The largest absolute Gasteiger partial charge is 0.434 e. The van der Waals surface area contributed by atoms with Crippen LogP contribution < -0.4 is 10.5 Å². The molecule has 0 radical (unpaired) electrons. The van der Waals surface area contributed by atoms with Gasteiger partial charge in [-0.15, -0.1) is 0 Å². The highest BCUT2D eigenvalue weighted by Gasteiger charge is 2.23. The lowest BCUT2D eigenvalue weighted by molar-refractivity contribution is -0.0508. The maximum Gasteiger partial charge on any atom is 0.387 e. The van der Waals surface area contributed by atoms with Crippen LogP contribution in [-0.4, -0.2) is 30.6 Å². The van der Waals surface area contributed by atoms with Gasteiger partial charge in [-0.05, 0) is 24.9 Å². The van der Waals surface area contributed by atoms with Gasteiger partial charge in [0, 0.05) is 24.7 Å². The third-order valence-electron chi connectivity index (χ3n) is 3.64. The zero-order valence-corrected chi connectivity index (χ0v) is 11.1. The number of piperidine rings is 1. The molecule has 0 spiro atoms. The summed E-state index contributed by atoms with van der Waals surface area (Å²) in [5.41, 5.74) is 6.78. The molecular formula is C14H20F2N2O. The normalized spacial score (nSPS) is 24.7. The average Bonchev–Trinajstić information content (AvgIpc) is 2.36. The number of rotatable bonds is 4. The lowest BCUT2D eigenvalue weighted by Crippen LogP contribution is -2.45. The summed E-state index contributed by atoms with van der Waals surface area (Å²) in [6, 6.07) is 7.20. The van der Waals surface area contributed by atoms with Crippen molar-refractivity contribution in [1.29, 1.82) is 0 Å². The summed E-state index contributed by atoms with van der Waals surface area (Å²) in [6.45, 7) is 1.76. The first kappa shape index (κ1) is 14.2. The van der Waals surface area contributed by atoms with Gasteiger partial charge in [0.2, 0.25) is 0 Å². The number of benzene rings is 1. The second-order valence-corrected chi connectivity index (χ2v) is 5.15. The zero-order valence-electron chi connectivity index (χ0n) is 11.1. The van der Waals surface area contributed by atoms with Gasteiger partial charge >= 0.3 is 6.61 Å². The first-order chi connectivity index (χ1) is 9.06. The van der Waals surface area contributed by atoms with Gasteiger partial charge in [0.25, 0.3) is 0 Å². The molecule has 106 valence electrons. The van der Waals surface area contributed by atoms with Crippen LogP contribution in [0.2, 0.25) is 0 Å². The van der Waals surface area contributed by atoms with Crippen LogP contribution in [0.1, 0.15) is 18.9 Å². The predicted molar refractivity (Wildman–Crippen MR) is 70.1 cm³/mol. The maximum absolute atomic E-state index is 12.3. The van der Waals surface area contributed by atoms with Crippen LogP contribution >= 0.6 is 0 Å². The van der Waals surface area contributed by atoms with Crippen molar-refractivity contribution in [2.75, 3.05) is 13.1 Å². The smallest absolute Gasteiger partial charge is 0.387 e. The number of hydrogen-bond donors (Lipinski definition) is 1. The van der Waals surface area contributed by atoms with Crippen LogP contribution in [0.15, 0.2) is 24.3 Å². The van der Waals surface area contributed by atoms with E-state index in [0.29, 0.717) is 12.5 Å². The molecule has 1 fully saturated rings. The molecular weight excluding hydrogens is 250 g/mol. The molecule has 0 aromatic heterocycles. The number of alkyl halides is 2. The lowest BCUT2D eigenvalue weighted by atomic mass is 9.94. The Labute approximate surface area is 112 Å². The molecule has 0 saturated carbocycles. The molecule has 2 unspecified atom stereocenters. The van der Waals surface area contributed by atoms with Gasteiger partial charge in [-0.25, -0.2) is 0 Å². The van der Waals surface area contributed by atoms with Crippen LogP contribution in [0.5, 0.6) is 5.75 Å². The van der Waals surface area contributed by atoms with Gasteiger partial charge in [-0.2, -0.15) is 8.78 Å². The molecule has 5 heteroatoms. The van der Waals surface area contributed by atoms with Crippen LogP contribution in [0, 0.1) is 5.92 Å². The van der Waals surface area contributed by atoms with Gasteiger partial charge in [0.05, 0.1) is 0 Å². The fraction of sp³-hybridized carbons (Fsp3) is 0.571. The van der Waals surface area contributed by atoms with Crippen molar-refractivity contribution in [3.05, 3.63) is 29.8 Å². The molecule has 0 amide bonds. The van der Waals surface area contributed by atoms with Crippen LogP contribution in [-0.2, 0) is 6.54 Å². The number of para-hydroxylation sites is 1. The van der Waals surface area contributed by atoms with E-state index in [2.05, 4.69) is 16.6 Å². The number of nitrogens with two attached hydrogens (primary N) is 1. The van der Waals surface area contributed by atoms with Crippen LogP contribution in [0.25, 0.3) is 0 Å². The second kappa shape index (κ2) is 6.30. The number of hydrogen-bond acceptors (Lipinski definition) is 3. The first-order valence-corrected chi connectivity index (χ1v) is 6.57. The Morgan fingerprint density at radius 2 is 2.16 bits per heavy atom. The third-order valence-corrected chi connectivity index (χ3v) is 3.64. The van der Waals surface area contributed by atoms with Crippen LogP contribution in [0.4, 0.5) is 8.78 Å². The van der Waals surface area contributed by atoms with Crippen molar-refractivity contribution in [2.24, 2.45) is 11.7 Å². The van der Waals surface area contributed by atoms with Crippen molar-refractivity contribution < 1.29 is 13.5 Å². The van der Waals surface area contributed by atoms with Crippen LogP contribution in [0.3, 0.4) is 0 Å². The second-order valence-electron chi connectivity index (χ2n) is 5.15. The molecule has 0 aliphatic carbocycles. The van der Waals surface area contributed by atoms with Crippen molar-refractivity contribution in [3.8, 4) is 5.75 Å². The van der Waals surface area contributed by atoms with Gasteiger partial charge in [-0.1, -0.05) is 25.1 Å². The van der Waals surface area contributed by atoms with Gasteiger partial charge in [-0.3, -0.25) is 4.90 Å². The van der Waals surface area contributed by atoms with E-state index in [0.717, 1.165) is 25.1 Å². The van der Waals surface area contributed by atoms with E-state index in [1.54, 1.807) is 12.1 Å². The van der Waals surface area contributed by atoms with E-state index in [9.17, 15) is 8.78 Å². The fourth-order valence-corrected chi connectivity index (χ4v) is 2.48. The highest BCUT2D eigenvalue weighted by molar-refractivity contribution is 5.33. The van der Waals surface area contributed by atoms with E-state index in [1.165, 1.54) is 0 Å². The van der Waals surface area contributed by atoms with Crippen molar-refractivity contribution >= 4 is 0 Å². The Balaban J connectivity index is 2.02. The summed E-state index contributed by atoms with van der Waals surface area (Å²) >= 11 is 0. The molecule has 1 saturated heterocycles. The summed E-state index contributed by atoms with van der Waals surface area (Å²) in [5.74, 6) is 0.692. The molecule has 1 aliphatic rings. The van der Waals surface area contributed by atoms with E-state index in [4.69, 9.17) is 5.73 Å². The molecule has 2 rings (SSSR count). The van der Waals surface area contributed by atoms with Gasteiger partial charge < -0.3 is 10.5 Å². The molecule has 1 aromatic rings. The predicted octanol–water partition coefficient (Wildman–Crippen LogP) is 2.46. The van der Waals surface area contributed by atoms with E-state index >= 15 is 0 Å².